The van der Waals surface area contributed by atoms with Gasteiger partial charge < -0.3 is 19.9 Å². The van der Waals surface area contributed by atoms with Crippen molar-refractivity contribution in [2.45, 2.75) is 6.54 Å². The van der Waals surface area contributed by atoms with E-state index in [1.165, 1.54) is 6.07 Å². The zero-order valence-corrected chi connectivity index (χ0v) is 12.9. The van der Waals surface area contributed by atoms with Crippen LogP contribution in [-0.4, -0.2) is 59.4 Å². The second-order valence-electron chi connectivity index (χ2n) is 5.14. The van der Waals surface area contributed by atoms with E-state index in [0.717, 1.165) is 25.2 Å². The Labute approximate surface area is 121 Å². The second-order valence-corrected chi connectivity index (χ2v) is 5.14. The Kier molecular flexibility index (Phi) is 7.51. The predicted molar refractivity (Wildman–Crippen MR) is 81.8 cm³/mol. The quantitative estimate of drug-likeness (QED) is 0.696. The van der Waals surface area contributed by atoms with Gasteiger partial charge in [0.15, 0.2) is 0 Å². The highest BCUT2D eigenvalue weighted by atomic mass is 19.1. The molecule has 1 N–H and O–H groups in total. The lowest BCUT2D eigenvalue weighted by Crippen LogP contribution is -2.30. The van der Waals surface area contributed by atoms with Crippen molar-refractivity contribution in [1.29, 1.82) is 0 Å². The minimum Gasteiger partial charge on any atom is -0.383 e. The number of rotatable bonds is 9. The average Bonchev–Trinajstić information content (AvgIpc) is 2.41. The Bertz CT molecular complexity index is 399. The molecule has 0 amide bonds. The molecule has 0 saturated heterocycles. The first-order valence-corrected chi connectivity index (χ1v) is 6.89. The van der Waals surface area contributed by atoms with Crippen molar-refractivity contribution in [3.05, 3.63) is 29.6 Å². The largest absolute Gasteiger partial charge is 0.383 e. The molecule has 1 rings (SSSR count). The molecule has 4 nitrogen and oxygen atoms in total. The van der Waals surface area contributed by atoms with Crippen molar-refractivity contribution in [2.75, 3.05) is 59.4 Å². The van der Waals surface area contributed by atoms with E-state index in [-0.39, 0.29) is 5.82 Å². The van der Waals surface area contributed by atoms with Crippen LogP contribution in [0.2, 0.25) is 0 Å². The number of hydrogen-bond donors (Lipinski definition) is 1. The summed E-state index contributed by atoms with van der Waals surface area (Å²) in [6.45, 7) is 3.73. The summed E-state index contributed by atoms with van der Waals surface area (Å²) in [6.07, 6.45) is 0. The van der Waals surface area contributed by atoms with Crippen molar-refractivity contribution in [3.63, 3.8) is 0 Å². The van der Waals surface area contributed by atoms with Crippen LogP contribution in [0.4, 0.5) is 10.1 Å². The Hall–Kier alpha value is -1.17. The van der Waals surface area contributed by atoms with Crippen molar-refractivity contribution in [2.24, 2.45) is 0 Å². The summed E-state index contributed by atoms with van der Waals surface area (Å²) in [4.78, 5) is 4.07. The maximum atomic E-state index is 14.1. The number of halogens is 1. The van der Waals surface area contributed by atoms with Crippen LogP contribution in [0.15, 0.2) is 18.2 Å². The van der Waals surface area contributed by atoms with Crippen LogP contribution < -0.4 is 10.2 Å². The summed E-state index contributed by atoms with van der Waals surface area (Å²) < 4.78 is 19.1. The molecule has 0 aromatic heterocycles. The summed E-state index contributed by atoms with van der Waals surface area (Å²) in [5.41, 5.74) is 1.65. The molecule has 20 heavy (non-hydrogen) atoms. The lowest BCUT2D eigenvalue weighted by molar-refractivity contribution is 0.199. The molecule has 5 heteroatoms. The van der Waals surface area contributed by atoms with Crippen LogP contribution in [0.3, 0.4) is 0 Å². The first kappa shape index (κ1) is 16.9. The van der Waals surface area contributed by atoms with Crippen LogP contribution in [0, 0.1) is 5.82 Å². The molecule has 1 aromatic rings. The van der Waals surface area contributed by atoms with Gasteiger partial charge in [0.05, 0.1) is 12.3 Å². The number of methoxy groups -OCH3 is 1. The van der Waals surface area contributed by atoms with Crippen LogP contribution in [-0.2, 0) is 11.3 Å². The molecule has 0 aliphatic rings. The number of nitrogens with one attached hydrogen (secondary N) is 1. The van der Waals surface area contributed by atoms with Gasteiger partial charge in [0.25, 0.3) is 0 Å². The second kappa shape index (κ2) is 8.89. The Morgan fingerprint density at radius 2 is 1.95 bits per heavy atom. The molecule has 0 atom stereocenters. The van der Waals surface area contributed by atoms with Gasteiger partial charge in [0, 0.05) is 40.3 Å². The van der Waals surface area contributed by atoms with Crippen LogP contribution >= 0.6 is 0 Å². The summed E-state index contributed by atoms with van der Waals surface area (Å²) in [5.74, 6) is -0.169. The third-order valence-corrected chi connectivity index (χ3v) is 3.13. The fourth-order valence-corrected chi connectivity index (χ4v) is 1.99. The van der Waals surface area contributed by atoms with Gasteiger partial charge in [-0.1, -0.05) is 12.1 Å². The Morgan fingerprint density at radius 3 is 2.60 bits per heavy atom. The lowest BCUT2D eigenvalue weighted by Gasteiger charge is -2.24. The van der Waals surface area contributed by atoms with Crippen LogP contribution in [0.25, 0.3) is 0 Å². The third kappa shape index (κ3) is 5.45. The molecule has 0 aliphatic heterocycles. The van der Waals surface area contributed by atoms with Crippen molar-refractivity contribution in [1.82, 2.24) is 10.2 Å². The SMILES string of the molecule is COCCNCc1cccc(F)c1N(C)CCN(C)C. The molecule has 0 heterocycles. The van der Waals surface area contributed by atoms with Crippen molar-refractivity contribution in [3.8, 4) is 0 Å². The standard InChI is InChI=1S/C15H26FN3O/c1-18(2)9-10-19(3)15-13(6-5-7-14(15)16)12-17-8-11-20-4/h5-7,17H,8-12H2,1-4H3. The topological polar surface area (TPSA) is 27.7 Å². The van der Waals surface area contributed by atoms with Gasteiger partial charge in [0.2, 0.25) is 0 Å². The monoisotopic (exact) mass is 283 g/mol. The zero-order chi connectivity index (χ0) is 15.0. The first-order chi connectivity index (χ1) is 9.56. The smallest absolute Gasteiger partial charge is 0.146 e. The highest BCUT2D eigenvalue weighted by Gasteiger charge is 2.12. The molecule has 0 radical (unpaired) electrons. The Morgan fingerprint density at radius 1 is 1.20 bits per heavy atom. The van der Waals surface area contributed by atoms with Gasteiger partial charge in [-0.25, -0.2) is 4.39 Å². The molecule has 0 spiro atoms. The van der Waals surface area contributed by atoms with Crippen LogP contribution in [0.5, 0.6) is 0 Å². The number of ether oxygens (including phenoxy) is 1. The summed E-state index contributed by atoms with van der Waals surface area (Å²) in [5, 5.41) is 3.26. The summed E-state index contributed by atoms with van der Waals surface area (Å²) in [7, 11) is 7.63. The molecular weight excluding hydrogens is 257 g/mol. The maximum Gasteiger partial charge on any atom is 0.146 e. The molecule has 114 valence electrons. The minimum absolute atomic E-state index is 0.169. The molecule has 0 fully saturated rings. The molecule has 1 aromatic carbocycles. The minimum atomic E-state index is -0.169. The number of benzene rings is 1. The van der Waals surface area contributed by atoms with Gasteiger partial charge >= 0.3 is 0 Å². The van der Waals surface area contributed by atoms with Gasteiger partial charge in [-0.2, -0.15) is 0 Å². The molecule has 0 saturated carbocycles. The van der Waals surface area contributed by atoms with E-state index < -0.39 is 0 Å². The molecule has 0 aliphatic carbocycles. The maximum absolute atomic E-state index is 14.1. The molecule has 0 unspecified atom stereocenters. The van der Waals surface area contributed by atoms with E-state index >= 15 is 0 Å². The van der Waals surface area contributed by atoms with Gasteiger partial charge in [0.1, 0.15) is 5.82 Å². The third-order valence-electron chi connectivity index (χ3n) is 3.13. The van der Waals surface area contributed by atoms with E-state index in [1.807, 2.05) is 32.1 Å². The van der Waals surface area contributed by atoms with Crippen molar-refractivity contribution >= 4 is 5.69 Å². The van der Waals surface area contributed by atoms with E-state index in [9.17, 15) is 4.39 Å². The highest BCUT2D eigenvalue weighted by Crippen LogP contribution is 2.23. The number of likely N-dealkylation sites (N-methyl/N-ethyl adjacent to an activating group) is 2. The summed E-state index contributed by atoms with van der Waals surface area (Å²) in [6, 6.07) is 5.23. The number of anilines is 1. The number of hydrogen-bond acceptors (Lipinski definition) is 4. The Balaban J connectivity index is 2.71. The fourth-order valence-electron chi connectivity index (χ4n) is 1.99. The normalized spacial score (nSPS) is 11.1. The van der Waals surface area contributed by atoms with Gasteiger partial charge in [-0.05, 0) is 25.7 Å². The molecule has 0 bridgehead atoms. The lowest BCUT2D eigenvalue weighted by atomic mass is 10.1. The number of para-hydroxylation sites is 1. The van der Waals surface area contributed by atoms with E-state index in [0.29, 0.717) is 18.8 Å². The first-order valence-electron chi connectivity index (χ1n) is 6.89. The van der Waals surface area contributed by atoms with Crippen molar-refractivity contribution < 1.29 is 9.13 Å². The average molecular weight is 283 g/mol. The summed E-state index contributed by atoms with van der Waals surface area (Å²) >= 11 is 0. The van der Waals surface area contributed by atoms with E-state index in [2.05, 4.69) is 10.2 Å². The molecular formula is C15H26FN3O. The van der Waals surface area contributed by atoms with E-state index in [4.69, 9.17) is 4.74 Å². The highest BCUT2D eigenvalue weighted by molar-refractivity contribution is 5.54. The fraction of sp³-hybridized carbons (Fsp3) is 0.600. The van der Waals surface area contributed by atoms with Gasteiger partial charge in [-0.3, -0.25) is 0 Å². The number of nitrogens with zero attached hydrogens (tertiary/aromatic N) is 2. The predicted octanol–water partition coefficient (Wildman–Crippen LogP) is 1.56. The zero-order valence-electron chi connectivity index (χ0n) is 12.9. The van der Waals surface area contributed by atoms with Crippen LogP contribution in [0.1, 0.15) is 5.56 Å². The van der Waals surface area contributed by atoms with E-state index in [1.54, 1.807) is 13.2 Å². The van der Waals surface area contributed by atoms with Gasteiger partial charge in [-0.15, -0.1) is 0 Å².